The molecule has 13 heteroatoms. The molecule has 9 N–H and O–H groups in total. The zero-order valence-corrected chi connectivity index (χ0v) is 20.0. The van der Waals surface area contributed by atoms with Gasteiger partial charge in [0.1, 0.15) is 18.1 Å². The molecule has 0 spiro atoms. The zero-order chi connectivity index (χ0) is 26.6. The highest BCUT2D eigenvalue weighted by Crippen LogP contribution is 2.11. The van der Waals surface area contributed by atoms with Crippen LogP contribution in [0.2, 0.25) is 0 Å². The van der Waals surface area contributed by atoms with Crippen LogP contribution in [-0.2, 0) is 28.8 Å². The minimum Gasteiger partial charge on any atom is -0.481 e. The van der Waals surface area contributed by atoms with Crippen molar-refractivity contribution in [1.82, 2.24) is 16.0 Å². The van der Waals surface area contributed by atoms with Gasteiger partial charge in [0, 0.05) is 6.42 Å². The number of nitrogens with one attached hydrogen (secondary N) is 3. The lowest BCUT2D eigenvalue weighted by Gasteiger charge is -2.28. The highest BCUT2D eigenvalue weighted by molar-refractivity contribution is 5.95. The Kier molecular flexibility index (Phi) is 13.4. The standard InChI is InChI=1S/C21H37N5O8/c1-5-11(4)17(26-18(30)12(22)8-10(2)3)20(32)24-13(6-7-15(23)27)19(31)25-14(21(33)34)9-16(28)29/h10-14,17H,5-9,22H2,1-4H3,(H2,23,27)(H,24,32)(H,25,31)(H,26,30)(H,28,29)(H,33,34). The first-order chi connectivity index (χ1) is 15.7. The second-order valence-electron chi connectivity index (χ2n) is 8.67. The third kappa shape index (κ3) is 11.6. The Morgan fingerprint density at radius 2 is 1.41 bits per heavy atom. The number of hydrogen-bond acceptors (Lipinski definition) is 7. The molecule has 0 aliphatic carbocycles. The number of carboxylic acids is 2. The van der Waals surface area contributed by atoms with Gasteiger partial charge in [-0.2, -0.15) is 0 Å². The summed E-state index contributed by atoms with van der Waals surface area (Å²) in [7, 11) is 0. The van der Waals surface area contributed by atoms with Crippen LogP contribution in [0.15, 0.2) is 0 Å². The van der Waals surface area contributed by atoms with E-state index in [1.807, 2.05) is 19.2 Å². The van der Waals surface area contributed by atoms with Crippen molar-refractivity contribution in [3.8, 4) is 0 Å². The van der Waals surface area contributed by atoms with Crippen molar-refractivity contribution in [2.45, 2.75) is 84.0 Å². The lowest BCUT2D eigenvalue weighted by molar-refractivity contribution is -0.147. The molecular weight excluding hydrogens is 450 g/mol. The molecule has 0 aliphatic rings. The molecule has 4 amide bonds. The molecule has 194 valence electrons. The van der Waals surface area contributed by atoms with Gasteiger partial charge in [-0.1, -0.05) is 34.1 Å². The lowest BCUT2D eigenvalue weighted by atomic mass is 9.96. The van der Waals surface area contributed by atoms with E-state index in [1.54, 1.807) is 13.8 Å². The van der Waals surface area contributed by atoms with Crippen LogP contribution in [0.4, 0.5) is 0 Å². The summed E-state index contributed by atoms with van der Waals surface area (Å²) >= 11 is 0. The summed E-state index contributed by atoms with van der Waals surface area (Å²) in [6.07, 6.45) is -0.577. The van der Waals surface area contributed by atoms with Crippen LogP contribution >= 0.6 is 0 Å². The first-order valence-corrected chi connectivity index (χ1v) is 11.1. The zero-order valence-electron chi connectivity index (χ0n) is 20.0. The molecule has 0 aromatic carbocycles. The number of amides is 4. The molecule has 0 aliphatic heterocycles. The predicted octanol–water partition coefficient (Wildman–Crippen LogP) is -1.31. The van der Waals surface area contributed by atoms with Gasteiger partial charge in [0.05, 0.1) is 12.5 Å². The van der Waals surface area contributed by atoms with Crippen LogP contribution in [-0.4, -0.2) is 69.9 Å². The van der Waals surface area contributed by atoms with E-state index in [0.29, 0.717) is 12.8 Å². The second-order valence-corrected chi connectivity index (χ2v) is 8.67. The minimum atomic E-state index is -1.75. The van der Waals surface area contributed by atoms with Crippen LogP contribution in [0.1, 0.15) is 59.8 Å². The lowest BCUT2D eigenvalue weighted by Crippen LogP contribution is -2.58. The first kappa shape index (κ1) is 30.8. The molecule has 0 rings (SSSR count). The number of aliphatic carboxylic acids is 2. The third-order valence-electron chi connectivity index (χ3n) is 5.16. The van der Waals surface area contributed by atoms with Gasteiger partial charge in [0.25, 0.3) is 0 Å². The Labute approximate surface area is 198 Å². The monoisotopic (exact) mass is 487 g/mol. The van der Waals surface area contributed by atoms with E-state index in [1.165, 1.54) is 0 Å². The van der Waals surface area contributed by atoms with Crippen molar-refractivity contribution in [1.29, 1.82) is 0 Å². The van der Waals surface area contributed by atoms with Gasteiger partial charge in [0.2, 0.25) is 23.6 Å². The number of carboxylic acid groups (broad SMARTS) is 2. The number of hydrogen-bond donors (Lipinski definition) is 7. The third-order valence-corrected chi connectivity index (χ3v) is 5.16. The summed E-state index contributed by atoms with van der Waals surface area (Å²) in [6, 6.07) is -5.06. The van der Waals surface area contributed by atoms with Crippen LogP contribution < -0.4 is 27.4 Å². The fourth-order valence-corrected chi connectivity index (χ4v) is 3.04. The van der Waals surface area contributed by atoms with Crippen molar-refractivity contribution in [2.24, 2.45) is 23.3 Å². The number of primary amides is 1. The van der Waals surface area contributed by atoms with E-state index < -0.39 is 66.2 Å². The maximum absolute atomic E-state index is 13.0. The second kappa shape index (κ2) is 14.8. The molecule has 5 unspecified atom stereocenters. The quantitative estimate of drug-likeness (QED) is 0.137. The van der Waals surface area contributed by atoms with Crippen molar-refractivity contribution in [3.63, 3.8) is 0 Å². The fourth-order valence-electron chi connectivity index (χ4n) is 3.04. The Morgan fingerprint density at radius 3 is 1.85 bits per heavy atom. The van der Waals surface area contributed by atoms with Crippen LogP contribution in [0.25, 0.3) is 0 Å². The largest absolute Gasteiger partial charge is 0.481 e. The maximum atomic E-state index is 13.0. The summed E-state index contributed by atoms with van der Waals surface area (Å²) in [6.45, 7) is 7.29. The van der Waals surface area contributed by atoms with Gasteiger partial charge < -0.3 is 37.6 Å². The van der Waals surface area contributed by atoms with Crippen LogP contribution in [0.3, 0.4) is 0 Å². The van der Waals surface area contributed by atoms with E-state index in [0.717, 1.165) is 0 Å². The average molecular weight is 488 g/mol. The molecule has 5 atom stereocenters. The minimum absolute atomic E-state index is 0.145. The smallest absolute Gasteiger partial charge is 0.326 e. The van der Waals surface area contributed by atoms with Gasteiger partial charge in [-0.05, 0) is 24.7 Å². The average Bonchev–Trinajstić information content (AvgIpc) is 2.72. The van der Waals surface area contributed by atoms with Crippen molar-refractivity contribution in [3.05, 3.63) is 0 Å². The van der Waals surface area contributed by atoms with Crippen molar-refractivity contribution < 1.29 is 39.0 Å². The molecule has 0 saturated carbocycles. The topological polar surface area (TPSA) is 231 Å². The molecule has 34 heavy (non-hydrogen) atoms. The number of carbonyl (C=O) groups excluding carboxylic acids is 4. The molecule has 0 saturated heterocycles. The summed E-state index contributed by atoms with van der Waals surface area (Å²) in [5, 5.41) is 25.1. The summed E-state index contributed by atoms with van der Waals surface area (Å²) < 4.78 is 0. The Balaban J connectivity index is 5.64. The van der Waals surface area contributed by atoms with Gasteiger partial charge in [-0.25, -0.2) is 4.79 Å². The number of nitrogens with two attached hydrogens (primary N) is 2. The summed E-state index contributed by atoms with van der Waals surface area (Å²) in [4.78, 5) is 71.5. The van der Waals surface area contributed by atoms with Gasteiger partial charge >= 0.3 is 11.9 Å². The Bertz CT molecular complexity index is 757. The number of carbonyl (C=O) groups is 6. The Morgan fingerprint density at radius 1 is 0.853 bits per heavy atom. The highest BCUT2D eigenvalue weighted by Gasteiger charge is 2.33. The molecule has 0 bridgehead atoms. The molecule has 0 fully saturated rings. The summed E-state index contributed by atoms with van der Waals surface area (Å²) in [5.41, 5.74) is 11.0. The maximum Gasteiger partial charge on any atom is 0.326 e. The van der Waals surface area contributed by atoms with Crippen LogP contribution in [0, 0.1) is 11.8 Å². The van der Waals surface area contributed by atoms with E-state index in [9.17, 15) is 28.8 Å². The van der Waals surface area contributed by atoms with Crippen molar-refractivity contribution >= 4 is 35.6 Å². The first-order valence-electron chi connectivity index (χ1n) is 11.1. The van der Waals surface area contributed by atoms with Gasteiger partial charge in [0.15, 0.2) is 0 Å². The predicted molar refractivity (Wildman–Crippen MR) is 121 cm³/mol. The Hall–Kier alpha value is -3.22. The van der Waals surface area contributed by atoms with Crippen LogP contribution in [0.5, 0.6) is 0 Å². The molecule has 0 radical (unpaired) electrons. The van der Waals surface area contributed by atoms with E-state index in [4.69, 9.17) is 21.7 Å². The number of rotatable bonds is 16. The van der Waals surface area contributed by atoms with Gasteiger partial charge in [-0.15, -0.1) is 0 Å². The normalized spacial score (nSPS) is 15.4. The van der Waals surface area contributed by atoms with Crippen molar-refractivity contribution in [2.75, 3.05) is 0 Å². The van der Waals surface area contributed by atoms with E-state index in [2.05, 4.69) is 10.6 Å². The molecule has 0 aromatic heterocycles. The highest BCUT2D eigenvalue weighted by atomic mass is 16.4. The molecule has 13 nitrogen and oxygen atoms in total. The SMILES string of the molecule is CCC(C)C(NC(=O)C(N)CC(C)C)C(=O)NC(CCC(N)=O)C(=O)NC(CC(=O)O)C(=O)O. The fraction of sp³-hybridized carbons (Fsp3) is 0.714. The van der Waals surface area contributed by atoms with E-state index in [-0.39, 0.29) is 24.7 Å². The van der Waals surface area contributed by atoms with Gasteiger partial charge in [-0.3, -0.25) is 24.0 Å². The van der Waals surface area contributed by atoms with E-state index >= 15 is 0 Å². The molecule has 0 heterocycles. The summed E-state index contributed by atoms with van der Waals surface area (Å²) in [5.74, 6) is -6.30. The molecular formula is C21H37N5O8. The molecule has 0 aromatic rings.